The number of rotatable bonds is 4. The zero-order valence-corrected chi connectivity index (χ0v) is 11.7. The molecule has 0 heterocycles. The van der Waals surface area contributed by atoms with Gasteiger partial charge in [0.25, 0.3) is 0 Å². The molecule has 1 aliphatic carbocycles. The number of carbonyl (C=O) groups is 2. The van der Waals surface area contributed by atoms with Gasteiger partial charge in [-0.25, -0.2) is 0 Å². The topological polar surface area (TPSA) is 72.2 Å². The maximum Gasteiger partial charge on any atom is 0.391 e. The van der Waals surface area contributed by atoms with Crippen molar-refractivity contribution in [3.8, 4) is 0 Å². The summed E-state index contributed by atoms with van der Waals surface area (Å²) in [5.41, 5.74) is 4.27. The lowest BCUT2D eigenvalue weighted by Crippen LogP contribution is -2.45. The molecule has 1 aliphatic rings. The molecule has 0 bridgehead atoms. The van der Waals surface area contributed by atoms with Crippen LogP contribution in [0.3, 0.4) is 0 Å². The van der Waals surface area contributed by atoms with Crippen molar-refractivity contribution in [2.24, 2.45) is 23.0 Å². The van der Waals surface area contributed by atoms with Crippen molar-refractivity contribution < 1.29 is 22.8 Å². The minimum atomic E-state index is -4.24. The first-order valence-electron chi connectivity index (χ1n) is 6.68. The fourth-order valence-electron chi connectivity index (χ4n) is 2.26. The van der Waals surface area contributed by atoms with Gasteiger partial charge in [0.15, 0.2) is 0 Å². The molecular weight excluding hydrogens is 273 g/mol. The summed E-state index contributed by atoms with van der Waals surface area (Å²) in [6.07, 6.45) is -3.49. The Balaban J connectivity index is 2.54. The first-order chi connectivity index (χ1) is 9.04. The number of nitrogens with two attached hydrogens (primary N) is 1. The highest BCUT2D eigenvalue weighted by Crippen LogP contribution is 2.39. The number of alkyl halides is 3. The number of hydrogen-bond donors (Lipinski definition) is 2. The summed E-state index contributed by atoms with van der Waals surface area (Å²) in [6.45, 7) is 3.19. The fourth-order valence-corrected chi connectivity index (χ4v) is 2.26. The van der Waals surface area contributed by atoms with Crippen molar-refractivity contribution >= 4 is 11.8 Å². The third-order valence-corrected chi connectivity index (χ3v) is 3.88. The van der Waals surface area contributed by atoms with Crippen molar-refractivity contribution in [2.75, 3.05) is 6.54 Å². The van der Waals surface area contributed by atoms with E-state index in [1.54, 1.807) is 13.8 Å². The Labute approximate surface area is 116 Å². The molecule has 0 spiro atoms. The lowest BCUT2D eigenvalue weighted by Gasteiger charge is -2.30. The first-order valence-corrected chi connectivity index (χ1v) is 6.68. The average Bonchev–Trinajstić information content (AvgIpc) is 2.35. The number of halogens is 3. The number of primary amides is 1. The van der Waals surface area contributed by atoms with E-state index in [0.29, 0.717) is 12.8 Å². The first kappa shape index (κ1) is 16.8. The van der Waals surface area contributed by atoms with Crippen LogP contribution in [0, 0.1) is 17.3 Å². The van der Waals surface area contributed by atoms with Gasteiger partial charge < -0.3 is 11.1 Å². The van der Waals surface area contributed by atoms with Crippen molar-refractivity contribution in [2.45, 2.75) is 45.7 Å². The van der Waals surface area contributed by atoms with E-state index in [-0.39, 0.29) is 19.4 Å². The minimum absolute atomic E-state index is 0.0361. The van der Waals surface area contributed by atoms with Crippen molar-refractivity contribution in [1.29, 1.82) is 0 Å². The largest absolute Gasteiger partial charge is 0.391 e. The molecule has 1 rings (SSSR count). The van der Waals surface area contributed by atoms with E-state index in [4.69, 9.17) is 5.73 Å². The van der Waals surface area contributed by atoms with Gasteiger partial charge in [-0.15, -0.1) is 0 Å². The standard InChI is InChI=1S/C13H21F3N2O2/c1-12(2,11(17)20)7-18-10(19)8-4-3-5-9(6-8)13(14,15)16/h8-9H,3-7H2,1-2H3,(H2,17,20)(H,18,19)/t8-,9-/m1/s1. The van der Waals surface area contributed by atoms with E-state index < -0.39 is 35.2 Å². The molecule has 0 aromatic carbocycles. The van der Waals surface area contributed by atoms with Crippen LogP contribution in [0.2, 0.25) is 0 Å². The predicted octanol–water partition coefficient (Wildman–Crippen LogP) is 1.98. The fraction of sp³-hybridized carbons (Fsp3) is 0.846. The van der Waals surface area contributed by atoms with Crippen LogP contribution in [0.15, 0.2) is 0 Å². The summed E-state index contributed by atoms with van der Waals surface area (Å²) in [5, 5.41) is 2.54. The van der Waals surface area contributed by atoms with Gasteiger partial charge in [-0.05, 0) is 33.1 Å². The summed E-state index contributed by atoms with van der Waals surface area (Å²) in [7, 11) is 0. The average molecular weight is 294 g/mol. The normalized spacial score (nSPS) is 24.2. The van der Waals surface area contributed by atoms with Crippen LogP contribution in [0.5, 0.6) is 0 Å². The summed E-state index contributed by atoms with van der Waals surface area (Å²) in [4.78, 5) is 23.0. The Morgan fingerprint density at radius 1 is 1.25 bits per heavy atom. The summed E-state index contributed by atoms with van der Waals surface area (Å²) >= 11 is 0. The molecular formula is C13H21F3N2O2. The van der Waals surface area contributed by atoms with E-state index in [1.807, 2.05) is 0 Å². The lowest BCUT2D eigenvalue weighted by molar-refractivity contribution is -0.186. The van der Waals surface area contributed by atoms with Crippen molar-refractivity contribution in [1.82, 2.24) is 5.32 Å². The van der Waals surface area contributed by atoms with Crippen LogP contribution in [0.1, 0.15) is 39.5 Å². The van der Waals surface area contributed by atoms with Gasteiger partial charge >= 0.3 is 6.18 Å². The molecule has 2 atom stereocenters. The molecule has 0 saturated heterocycles. The van der Waals surface area contributed by atoms with Crippen LogP contribution >= 0.6 is 0 Å². The zero-order valence-electron chi connectivity index (χ0n) is 11.7. The van der Waals surface area contributed by atoms with Crippen LogP contribution < -0.4 is 11.1 Å². The van der Waals surface area contributed by atoms with Crippen LogP contribution in [0.4, 0.5) is 13.2 Å². The van der Waals surface area contributed by atoms with Crippen LogP contribution in [-0.2, 0) is 9.59 Å². The van der Waals surface area contributed by atoms with E-state index in [1.165, 1.54) is 0 Å². The number of carbonyl (C=O) groups excluding carboxylic acids is 2. The van der Waals surface area contributed by atoms with E-state index in [2.05, 4.69) is 5.32 Å². The van der Waals surface area contributed by atoms with E-state index >= 15 is 0 Å². The zero-order chi connectivity index (χ0) is 15.6. The quantitative estimate of drug-likeness (QED) is 0.832. The molecule has 1 saturated carbocycles. The second-order valence-electron chi connectivity index (χ2n) is 6.07. The highest BCUT2D eigenvalue weighted by molar-refractivity contribution is 5.82. The van der Waals surface area contributed by atoms with Gasteiger partial charge in [-0.1, -0.05) is 6.42 Å². The second kappa shape index (κ2) is 6.01. The molecule has 1 fully saturated rings. The molecule has 3 N–H and O–H groups in total. The molecule has 7 heteroatoms. The Morgan fingerprint density at radius 3 is 2.35 bits per heavy atom. The minimum Gasteiger partial charge on any atom is -0.369 e. The Kier molecular flexibility index (Phi) is 5.05. The lowest BCUT2D eigenvalue weighted by atomic mass is 9.80. The van der Waals surface area contributed by atoms with Crippen LogP contribution in [0.25, 0.3) is 0 Å². The smallest absolute Gasteiger partial charge is 0.369 e. The maximum absolute atomic E-state index is 12.7. The number of nitrogens with one attached hydrogen (secondary N) is 1. The molecule has 4 nitrogen and oxygen atoms in total. The SMILES string of the molecule is CC(C)(CNC(=O)[C@@H]1CCC[C@@H](C(F)(F)F)C1)C(N)=O. The predicted molar refractivity (Wildman–Crippen MR) is 67.5 cm³/mol. The van der Waals surface area contributed by atoms with Crippen molar-refractivity contribution in [3.05, 3.63) is 0 Å². The van der Waals surface area contributed by atoms with Gasteiger partial charge in [0.1, 0.15) is 0 Å². The third kappa shape index (κ3) is 4.38. The molecule has 0 aromatic rings. The highest BCUT2D eigenvalue weighted by Gasteiger charge is 2.43. The highest BCUT2D eigenvalue weighted by atomic mass is 19.4. The number of amides is 2. The van der Waals surface area contributed by atoms with Gasteiger partial charge in [0.05, 0.1) is 11.3 Å². The Bertz CT molecular complexity index is 380. The van der Waals surface area contributed by atoms with Crippen LogP contribution in [-0.4, -0.2) is 24.5 Å². The molecule has 116 valence electrons. The maximum atomic E-state index is 12.7. The molecule has 0 radical (unpaired) electrons. The monoisotopic (exact) mass is 294 g/mol. The Hall–Kier alpha value is -1.27. The van der Waals surface area contributed by atoms with Gasteiger partial charge in [-0.2, -0.15) is 13.2 Å². The summed E-state index contributed by atoms with van der Waals surface area (Å²) in [6, 6.07) is 0. The number of hydrogen-bond acceptors (Lipinski definition) is 2. The van der Waals surface area contributed by atoms with E-state index in [9.17, 15) is 22.8 Å². The summed E-state index contributed by atoms with van der Waals surface area (Å²) in [5.74, 6) is -3.03. The van der Waals surface area contributed by atoms with E-state index in [0.717, 1.165) is 0 Å². The third-order valence-electron chi connectivity index (χ3n) is 3.88. The molecule has 0 aliphatic heterocycles. The summed E-state index contributed by atoms with van der Waals surface area (Å²) < 4.78 is 38.0. The van der Waals surface area contributed by atoms with Gasteiger partial charge in [0, 0.05) is 12.5 Å². The molecule has 0 aromatic heterocycles. The van der Waals surface area contributed by atoms with Gasteiger partial charge in [0.2, 0.25) is 11.8 Å². The molecule has 2 amide bonds. The molecule has 0 unspecified atom stereocenters. The van der Waals surface area contributed by atoms with Gasteiger partial charge in [-0.3, -0.25) is 9.59 Å². The Morgan fingerprint density at radius 2 is 1.85 bits per heavy atom. The molecule has 20 heavy (non-hydrogen) atoms. The van der Waals surface area contributed by atoms with Crippen molar-refractivity contribution in [3.63, 3.8) is 0 Å². The second-order valence-corrected chi connectivity index (χ2v) is 6.07.